The summed E-state index contributed by atoms with van der Waals surface area (Å²) in [5.41, 5.74) is -0.941. The van der Waals surface area contributed by atoms with E-state index in [-0.39, 0.29) is 33.8 Å². The van der Waals surface area contributed by atoms with Crippen LogP contribution in [0.4, 0.5) is 0 Å². The summed E-state index contributed by atoms with van der Waals surface area (Å²) in [6.07, 6.45) is 0. The monoisotopic (exact) mass is 344 g/mol. The summed E-state index contributed by atoms with van der Waals surface area (Å²) in [7, 11) is 0. The van der Waals surface area contributed by atoms with Crippen molar-refractivity contribution in [1.82, 2.24) is 0 Å². The topological polar surface area (TPSA) is 137 Å². The molecule has 0 unspecified atom stereocenters. The smallest absolute Gasteiger partial charge is 0.308 e. The second-order valence-electron chi connectivity index (χ2n) is 5.22. The first-order chi connectivity index (χ1) is 11.8. The lowest BCUT2D eigenvalue weighted by Crippen LogP contribution is -2.03. The molecule has 128 valence electrons. The van der Waals surface area contributed by atoms with Gasteiger partial charge < -0.3 is 29.6 Å². The zero-order valence-corrected chi connectivity index (χ0v) is 12.8. The van der Waals surface area contributed by atoms with Gasteiger partial charge in [0.05, 0.1) is 0 Å². The molecule has 1 heterocycles. The number of fused-ring (bicyclic) bond motifs is 1. The average Bonchev–Trinajstić information content (AvgIpc) is 2.51. The molecule has 3 rings (SSSR count). The number of aromatic hydroxyl groups is 4. The van der Waals surface area contributed by atoms with Gasteiger partial charge in [-0.2, -0.15) is 0 Å². The molecular formula is C17H12O8. The Kier molecular flexibility index (Phi) is 3.72. The molecule has 0 saturated heterocycles. The SMILES string of the molecule is CC(=O)Oc1ccc(-c2oc3cc(O)cc(O)c3c(=O)c2O)cc1O. The zero-order valence-electron chi connectivity index (χ0n) is 12.8. The number of benzene rings is 2. The van der Waals surface area contributed by atoms with Gasteiger partial charge in [-0.3, -0.25) is 9.59 Å². The summed E-state index contributed by atoms with van der Waals surface area (Å²) in [4.78, 5) is 23.2. The number of hydrogen-bond donors (Lipinski definition) is 4. The molecule has 2 aromatic carbocycles. The molecule has 0 amide bonds. The van der Waals surface area contributed by atoms with E-state index in [2.05, 4.69) is 0 Å². The third-order valence-electron chi connectivity index (χ3n) is 3.41. The summed E-state index contributed by atoms with van der Waals surface area (Å²) in [6.45, 7) is 1.17. The van der Waals surface area contributed by atoms with Crippen LogP contribution in [0.3, 0.4) is 0 Å². The molecule has 0 fully saturated rings. The molecule has 0 spiro atoms. The van der Waals surface area contributed by atoms with Crippen LogP contribution in [0.5, 0.6) is 28.7 Å². The maximum atomic E-state index is 12.3. The predicted molar refractivity (Wildman–Crippen MR) is 85.9 cm³/mol. The van der Waals surface area contributed by atoms with Gasteiger partial charge >= 0.3 is 5.97 Å². The fraction of sp³-hybridized carbons (Fsp3) is 0.0588. The normalized spacial score (nSPS) is 10.8. The Morgan fingerprint density at radius 3 is 2.40 bits per heavy atom. The van der Waals surface area contributed by atoms with Crippen molar-refractivity contribution in [3.8, 4) is 40.1 Å². The van der Waals surface area contributed by atoms with E-state index in [1.807, 2.05) is 0 Å². The van der Waals surface area contributed by atoms with Crippen molar-refractivity contribution in [2.75, 3.05) is 0 Å². The number of carbonyl (C=O) groups is 1. The molecule has 1 aromatic heterocycles. The average molecular weight is 344 g/mol. The Bertz CT molecular complexity index is 1060. The minimum absolute atomic E-state index is 0.103. The lowest BCUT2D eigenvalue weighted by atomic mass is 10.1. The molecule has 0 aliphatic heterocycles. The van der Waals surface area contributed by atoms with Crippen molar-refractivity contribution in [1.29, 1.82) is 0 Å². The third kappa shape index (κ3) is 2.80. The van der Waals surface area contributed by atoms with E-state index in [9.17, 15) is 30.0 Å². The summed E-state index contributed by atoms with van der Waals surface area (Å²) >= 11 is 0. The van der Waals surface area contributed by atoms with Crippen LogP contribution < -0.4 is 10.2 Å². The van der Waals surface area contributed by atoms with Crippen LogP contribution in [0.25, 0.3) is 22.3 Å². The molecule has 4 N–H and O–H groups in total. The van der Waals surface area contributed by atoms with Gasteiger partial charge in [0.2, 0.25) is 11.2 Å². The fourth-order valence-corrected chi connectivity index (χ4v) is 2.37. The van der Waals surface area contributed by atoms with Gasteiger partial charge in [0, 0.05) is 24.6 Å². The first kappa shape index (κ1) is 16.2. The highest BCUT2D eigenvalue weighted by Crippen LogP contribution is 2.38. The summed E-state index contributed by atoms with van der Waals surface area (Å²) in [6, 6.07) is 5.79. The molecule has 0 saturated carbocycles. The van der Waals surface area contributed by atoms with Gasteiger partial charge in [0.15, 0.2) is 17.3 Å². The van der Waals surface area contributed by atoms with Crippen LogP contribution in [-0.2, 0) is 4.79 Å². The van der Waals surface area contributed by atoms with Crippen molar-refractivity contribution < 1.29 is 34.4 Å². The van der Waals surface area contributed by atoms with Crippen LogP contribution in [0.1, 0.15) is 6.92 Å². The number of esters is 1. The molecule has 3 aromatic rings. The summed E-state index contributed by atoms with van der Waals surface area (Å²) in [5, 5.41) is 39.0. The van der Waals surface area contributed by atoms with E-state index < -0.39 is 28.6 Å². The molecule has 0 aliphatic carbocycles. The van der Waals surface area contributed by atoms with Gasteiger partial charge in [-0.05, 0) is 18.2 Å². The number of phenols is 3. The molecule has 0 radical (unpaired) electrons. The van der Waals surface area contributed by atoms with Gasteiger partial charge in [-0.25, -0.2) is 0 Å². The molecule has 0 bridgehead atoms. The zero-order chi connectivity index (χ0) is 18.3. The lowest BCUT2D eigenvalue weighted by Gasteiger charge is -2.09. The van der Waals surface area contributed by atoms with E-state index in [1.54, 1.807) is 0 Å². The first-order valence-corrected chi connectivity index (χ1v) is 7.01. The number of rotatable bonds is 2. The van der Waals surface area contributed by atoms with E-state index in [1.165, 1.54) is 19.1 Å². The summed E-state index contributed by atoms with van der Waals surface area (Å²) in [5.74, 6) is -3.09. The van der Waals surface area contributed by atoms with Crippen molar-refractivity contribution >= 4 is 16.9 Å². The Morgan fingerprint density at radius 2 is 1.76 bits per heavy atom. The Labute approximate surface area is 139 Å². The molecule has 25 heavy (non-hydrogen) atoms. The summed E-state index contributed by atoms with van der Waals surface area (Å²) < 4.78 is 10.2. The van der Waals surface area contributed by atoms with Crippen LogP contribution in [0.2, 0.25) is 0 Å². The predicted octanol–water partition coefficient (Wildman–Crippen LogP) is 2.21. The number of hydrogen-bond acceptors (Lipinski definition) is 8. The van der Waals surface area contributed by atoms with Crippen molar-refractivity contribution in [3.05, 3.63) is 40.6 Å². The van der Waals surface area contributed by atoms with Crippen LogP contribution >= 0.6 is 0 Å². The largest absolute Gasteiger partial charge is 0.508 e. The molecule has 8 nitrogen and oxygen atoms in total. The highest BCUT2D eigenvalue weighted by molar-refractivity contribution is 5.88. The van der Waals surface area contributed by atoms with Gasteiger partial charge in [-0.1, -0.05) is 0 Å². The van der Waals surface area contributed by atoms with Crippen molar-refractivity contribution in [2.24, 2.45) is 0 Å². The van der Waals surface area contributed by atoms with Gasteiger partial charge in [0.25, 0.3) is 0 Å². The fourth-order valence-electron chi connectivity index (χ4n) is 2.37. The molecular weight excluding hydrogens is 332 g/mol. The van der Waals surface area contributed by atoms with E-state index >= 15 is 0 Å². The van der Waals surface area contributed by atoms with Crippen LogP contribution in [-0.4, -0.2) is 26.4 Å². The second kappa shape index (κ2) is 5.75. The Balaban J connectivity index is 2.22. The lowest BCUT2D eigenvalue weighted by molar-refractivity contribution is -0.132. The molecule has 0 atom stereocenters. The quantitative estimate of drug-likeness (QED) is 0.410. The van der Waals surface area contributed by atoms with Crippen LogP contribution in [0, 0.1) is 0 Å². The minimum Gasteiger partial charge on any atom is -0.508 e. The highest BCUT2D eigenvalue weighted by Gasteiger charge is 2.19. The first-order valence-electron chi connectivity index (χ1n) is 7.01. The maximum absolute atomic E-state index is 12.3. The molecule has 8 heteroatoms. The van der Waals surface area contributed by atoms with Crippen LogP contribution in [0.15, 0.2) is 39.5 Å². The third-order valence-corrected chi connectivity index (χ3v) is 3.41. The van der Waals surface area contributed by atoms with Crippen molar-refractivity contribution in [3.63, 3.8) is 0 Å². The van der Waals surface area contributed by atoms with Crippen molar-refractivity contribution in [2.45, 2.75) is 6.92 Å². The van der Waals surface area contributed by atoms with E-state index in [0.717, 1.165) is 18.2 Å². The Hall–Kier alpha value is -3.68. The number of carbonyl (C=O) groups excluding carboxylic acids is 1. The number of phenolic OH excluding ortho intramolecular Hbond substituents is 3. The van der Waals surface area contributed by atoms with E-state index in [4.69, 9.17) is 9.15 Å². The van der Waals surface area contributed by atoms with Gasteiger partial charge in [-0.15, -0.1) is 0 Å². The number of ether oxygens (including phenoxy) is 1. The molecule has 0 aliphatic rings. The minimum atomic E-state index is -0.905. The van der Waals surface area contributed by atoms with Gasteiger partial charge in [0.1, 0.15) is 22.5 Å². The van der Waals surface area contributed by atoms with E-state index in [0.29, 0.717) is 0 Å². The Morgan fingerprint density at radius 1 is 1.04 bits per heavy atom. The maximum Gasteiger partial charge on any atom is 0.308 e. The standard InChI is InChI=1S/C17H12O8/c1-7(18)24-12-3-2-8(4-10(12)20)17-16(23)15(22)14-11(21)5-9(19)6-13(14)25-17/h2-6,19-21,23H,1H3. The second-order valence-corrected chi connectivity index (χ2v) is 5.22. The highest BCUT2D eigenvalue weighted by atomic mass is 16.5.